The van der Waals surface area contributed by atoms with Crippen LogP contribution in [0.2, 0.25) is 45.8 Å². The predicted octanol–water partition coefficient (Wildman–Crippen LogP) is 6.82. The second-order valence-corrected chi connectivity index (χ2v) is 31.2. The number of hydrogen-bond acceptors (Lipinski definition) is 1. The van der Waals surface area contributed by atoms with Crippen molar-refractivity contribution in [3.8, 4) is 5.75 Å². The van der Waals surface area contributed by atoms with Crippen molar-refractivity contribution in [1.29, 1.82) is 0 Å². The smallest absolute Gasteiger partial charge is 0.147 e. The first-order valence-corrected chi connectivity index (χ1v) is 24.2. The average molecular weight is 539 g/mol. The topological polar surface area (TPSA) is 9.23 Å². The summed E-state index contributed by atoms with van der Waals surface area (Å²) in [5.74, 6) is 1.26. The molecule has 7 heteroatoms. The zero-order valence-electron chi connectivity index (χ0n) is 20.9. The maximum absolute atomic E-state index is 7.18. The monoisotopic (exact) mass is 537 g/mol. The van der Waals surface area contributed by atoms with Gasteiger partial charge in [0.2, 0.25) is 0 Å². The van der Waals surface area contributed by atoms with E-state index in [2.05, 4.69) is 97.8 Å². The number of aryl methyl sites for hydroxylation is 1. The van der Waals surface area contributed by atoms with Crippen LogP contribution >= 0.6 is 24.8 Å². The molecule has 1 aromatic rings. The summed E-state index contributed by atoms with van der Waals surface area (Å²) >= 11 is -1.74. The molecule has 1 aliphatic carbocycles. The van der Waals surface area contributed by atoms with E-state index < -0.39 is 41.0 Å². The van der Waals surface area contributed by atoms with Gasteiger partial charge in [0.25, 0.3) is 0 Å². The largest absolute Gasteiger partial charge is 0.147 e. The summed E-state index contributed by atoms with van der Waals surface area (Å²) < 4.78 is 8.94. The number of hydrogen-bond donors (Lipinski definition) is 0. The van der Waals surface area contributed by atoms with Crippen LogP contribution in [0.1, 0.15) is 38.3 Å². The Kier molecular flexibility index (Phi) is 11.7. The molecule has 0 N–H and O–H groups in total. The molecule has 0 aliphatic heterocycles. The van der Waals surface area contributed by atoms with Crippen LogP contribution < -0.4 is 8.51 Å². The van der Waals surface area contributed by atoms with Gasteiger partial charge in [0, 0.05) is 0 Å². The van der Waals surface area contributed by atoms with Crippen molar-refractivity contribution in [2.75, 3.05) is 0 Å². The molecule has 0 saturated heterocycles. The maximum atomic E-state index is 7.18. The number of benzene rings is 1. The van der Waals surface area contributed by atoms with Gasteiger partial charge in [-0.2, -0.15) is 0 Å². The Labute approximate surface area is 208 Å². The summed E-state index contributed by atoms with van der Waals surface area (Å²) in [5.41, 5.74) is 3.05. The molecule has 2 rings (SSSR count). The van der Waals surface area contributed by atoms with Gasteiger partial charge in [-0.1, -0.05) is 0 Å². The Morgan fingerprint density at radius 3 is 2.00 bits per heavy atom. The van der Waals surface area contributed by atoms with E-state index in [0.29, 0.717) is 0 Å². The SMILES string of the molecule is Cc1cc([O][Ti]([C]2=C([Si](C)(C)C)C=CC2)[SiH](C)C)c([SiH](C)C)c(C(C)(C)C)c1.Cl.Cl. The zero-order chi connectivity index (χ0) is 21.4. The summed E-state index contributed by atoms with van der Waals surface area (Å²) in [6.45, 7) is 25.9. The van der Waals surface area contributed by atoms with Crippen LogP contribution in [0.15, 0.2) is 33.4 Å². The van der Waals surface area contributed by atoms with Crippen molar-refractivity contribution in [3.05, 3.63) is 44.5 Å². The summed E-state index contributed by atoms with van der Waals surface area (Å²) in [4.78, 5) is 0. The minimum absolute atomic E-state index is 0. The van der Waals surface area contributed by atoms with E-state index in [1.54, 1.807) is 14.3 Å². The van der Waals surface area contributed by atoms with Crippen LogP contribution in [0, 0.1) is 6.92 Å². The van der Waals surface area contributed by atoms with Crippen molar-refractivity contribution in [2.45, 2.75) is 85.4 Å². The summed E-state index contributed by atoms with van der Waals surface area (Å²) in [5, 5.41) is 3.29. The van der Waals surface area contributed by atoms with Crippen molar-refractivity contribution >= 4 is 53.5 Å². The van der Waals surface area contributed by atoms with Crippen molar-refractivity contribution in [1.82, 2.24) is 0 Å². The van der Waals surface area contributed by atoms with Gasteiger partial charge in [0.1, 0.15) is 0 Å². The van der Waals surface area contributed by atoms with E-state index in [1.165, 1.54) is 16.9 Å². The van der Waals surface area contributed by atoms with Crippen molar-refractivity contribution < 1.29 is 20.8 Å². The van der Waals surface area contributed by atoms with Crippen LogP contribution in [0.25, 0.3) is 0 Å². The zero-order valence-corrected chi connectivity index (χ0v) is 27.4. The number of rotatable bonds is 6. The molecule has 0 radical (unpaired) electrons. The fraction of sp³-hybridized carbons (Fsp3) is 0.565. The molecule has 0 aromatic heterocycles. The summed E-state index contributed by atoms with van der Waals surface area (Å²) in [6.07, 6.45) is 6.02. The molecule has 0 unspecified atom stereocenters. The van der Waals surface area contributed by atoms with E-state index in [4.69, 9.17) is 3.32 Å². The molecule has 0 fully saturated rings. The molecule has 1 nitrogen and oxygen atoms in total. The van der Waals surface area contributed by atoms with Gasteiger partial charge in [0.15, 0.2) is 0 Å². The average Bonchev–Trinajstić information content (AvgIpc) is 2.99. The fourth-order valence-corrected chi connectivity index (χ4v) is 19.5. The first-order valence-electron chi connectivity index (χ1n) is 10.8. The predicted molar refractivity (Wildman–Crippen MR) is 147 cm³/mol. The van der Waals surface area contributed by atoms with E-state index in [9.17, 15) is 0 Å². The van der Waals surface area contributed by atoms with Gasteiger partial charge in [-0.15, -0.1) is 24.8 Å². The molecule has 0 bridgehead atoms. The van der Waals surface area contributed by atoms with Crippen molar-refractivity contribution in [2.24, 2.45) is 0 Å². The van der Waals surface area contributed by atoms with Gasteiger partial charge < -0.3 is 0 Å². The Bertz CT molecular complexity index is 791. The molecule has 30 heavy (non-hydrogen) atoms. The van der Waals surface area contributed by atoms with E-state index >= 15 is 0 Å². The van der Waals surface area contributed by atoms with Gasteiger partial charge in [0.05, 0.1) is 0 Å². The Morgan fingerprint density at radius 2 is 1.57 bits per heavy atom. The van der Waals surface area contributed by atoms with Crippen LogP contribution in [-0.2, 0) is 22.9 Å². The van der Waals surface area contributed by atoms with Gasteiger partial charge >= 0.3 is 185 Å². The van der Waals surface area contributed by atoms with Gasteiger partial charge in [-0.05, 0) is 0 Å². The second kappa shape index (κ2) is 11.5. The minimum atomic E-state index is -1.74. The van der Waals surface area contributed by atoms with Crippen LogP contribution in [0.4, 0.5) is 0 Å². The van der Waals surface area contributed by atoms with Crippen LogP contribution in [-0.4, -0.2) is 23.5 Å². The van der Waals surface area contributed by atoms with E-state index in [-0.39, 0.29) is 30.2 Å². The molecule has 0 atom stereocenters. The first-order chi connectivity index (χ1) is 12.7. The summed E-state index contributed by atoms with van der Waals surface area (Å²) in [6, 6.07) is 4.78. The number of halogens is 2. The Morgan fingerprint density at radius 1 is 1.00 bits per heavy atom. The molecule has 0 amide bonds. The fourth-order valence-electron chi connectivity index (χ4n) is 4.15. The first kappa shape index (κ1) is 30.4. The summed E-state index contributed by atoms with van der Waals surface area (Å²) in [7, 11) is -2.32. The van der Waals surface area contributed by atoms with Gasteiger partial charge in [-0.3, -0.25) is 0 Å². The maximum Gasteiger partial charge on any atom is -0.147 e. The second-order valence-electron chi connectivity index (χ2n) is 11.0. The van der Waals surface area contributed by atoms with E-state index in [0.717, 1.165) is 6.42 Å². The standard InChI is InChI=1S/C13H22OSi.C8H13Si.C2H7Si.2ClH.Ti/c1-9-7-10(13(2,3)4)12(15(5)6)11(14)8-9;1-9(2,3)8-6-4-5-7-8;1-3-2;;;/h7-8,14-15H,1-6H3;4,6H,5H2,1-3H3;3H,1-2H3;2*1H;/q;;;;;+1/p-1. The molecular weight excluding hydrogens is 495 g/mol. The molecule has 171 valence electrons. The third-order valence-corrected chi connectivity index (χ3v) is 19.9. The van der Waals surface area contributed by atoms with Crippen molar-refractivity contribution in [3.63, 3.8) is 0 Å². The quantitative estimate of drug-likeness (QED) is 0.362. The molecule has 1 aliphatic rings. The molecule has 1 aromatic carbocycles. The third-order valence-electron chi connectivity index (χ3n) is 5.45. The van der Waals surface area contributed by atoms with Gasteiger partial charge in [-0.25, -0.2) is 0 Å². The van der Waals surface area contributed by atoms with E-state index in [1.807, 2.05) is 0 Å². The molecule has 0 saturated carbocycles. The van der Waals surface area contributed by atoms with Crippen LogP contribution in [0.5, 0.6) is 5.75 Å². The third kappa shape index (κ3) is 7.23. The minimum Gasteiger partial charge on any atom is -0.147 e. The van der Waals surface area contributed by atoms with Crippen LogP contribution in [0.3, 0.4) is 0 Å². The normalized spacial score (nSPS) is 14.2. The Hall–Kier alpha value is 0.445. The Balaban J connectivity index is 0.00000420. The molecule has 0 heterocycles. The number of allylic oxidation sites excluding steroid dienone is 4. The molecular formula is C23H43Cl2OSi3Ti. The molecule has 0 spiro atoms.